The highest BCUT2D eigenvalue weighted by molar-refractivity contribution is 7.98. The number of allylic oxidation sites excluding steroid dienone is 1. The lowest BCUT2D eigenvalue weighted by Crippen LogP contribution is -2.39. The Morgan fingerprint density at radius 1 is 1.00 bits per heavy atom. The monoisotopic (exact) mass is 606 g/mol. The highest BCUT2D eigenvalue weighted by Gasteiger charge is 2.33. The predicted octanol–water partition coefficient (Wildman–Crippen LogP) is 6.25. The molecule has 1 aliphatic rings. The fourth-order valence-corrected chi connectivity index (χ4v) is 6.75. The molecular formula is C35H30N2O4S2. The number of hydrogen-bond donors (Lipinski definition) is 0. The molecule has 0 fully saturated rings. The van der Waals surface area contributed by atoms with Gasteiger partial charge < -0.3 is 9.47 Å². The van der Waals surface area contributed by atoms with Crippen LogP contribution in [-0.2, 0) is 16.1 Å². The van der Waals surface area contributed by atoms with Crippen LogP contribution >= 0.6 is 23.1 Å². The molecule has 1 aromatic heterocycles. The first-order chi connectivity index (χ1) is 21.0. The Morgan fingerprint density at radius 3 is 2.49 bits per heavy atom. The van der Waals surface area contributed by atoms with Gasteiger partial charge in [-0.3, -0.25) is 9.36 Å². The molecule has 0 radical (unpaired) electrons. The minimum Gasteiger partial charge on any atom is -0.488 e. The summed E-state index contributed by atoms with van der Waals surface area (Å²) in [5, 5.41) is 2.02. The number of rotatable bonds is 8. The summed E-state index contributed by atoms with van der Waals surface area (Å²) in [5.41, 5.74) is 3.38. The molecule has 216 valence electrons. The summed E-state index contributed by atoms with van der Waals surface area (Å²) in [5.74, 6) is 0.212. The Labute approximate surface area is 257 Å². The van der Waals surface area contributed by atoms with Crippen molar-refractivity contribution < 1.29 is 14.3 Å². The predicted molar refractivity (Wildman–Crippen MR) is 173 cm³/mol. The Morgan fingerprint density at radius 2 is 1.74 bits per heavy atom. The van der Waals surface area contributed by atoms with E-state index in [1.54, 1.807) is 30.2 Å². The lowest BCUT2D eigenvalue weighted by molar-refractivity contribution is -0.139. The second kappa shape index (κ2) is 12.5. The Kier molecular flexibility index (Phi) is 8.31. The van der Waals surface area contributed by atoms with E-state index in [4.69, 9.17) is 14.5 Å². The average Bonchev–Trinajstić information content (AvgIpc) is 3.34. The van der Waals surface area contributed by atoms with Gasteiger partial charge in [0.15, 0.2) is 4.80 Å². The van der Waals surface area contributed by atoms with Gasteiger partial charge in [-0.25, -0.2) is 9.79 Å². The number of ether oxygens (including phenoxy) is 2. The molecule has 6 nitrogen and oxygen atoms in total. The summed E-state index contributed by atoms with van der Waals surface area (Å²) in [6.45, 7) is 4.19. The van der Waals surface area contributed by atoms with Crippen molar-refractivity contribution in [3.63, 3.8) is 0 Å². The Balaban J connectivity index is 1.53. The standard InChI is InChI=1S/C35H30N2O4S2/c1-4-40-34(39)31-22(2)36-35-37(32(31)25-14-17-26(42-3)18-15-25)33(38)30(43-35)20-28-27-13-9-8-12-24(27)16-19-29(28)41-21-23-10-6-5-7-11-23/h5-20,32H,4,21H2,1-3H3/b30-20-/t32-/m0/s1. The highest BCUT2D eigenvalue weighted by Crippen LogP contribution is 2.32. The van der Waals surface area contributed by atoms with Crippen LogP contribution in [0.1, 0.15) is 36.6 Å². The number of benzene rings is 4. The van der Waals surface area contributed by atoms with Crippen molar-refractivity contribution >= 4 is 45.9 Å². The molecule has 5 aromatic rings. The van der Waals surface area contributed by atoms with Gasteiger partial charge in [0.2, 0.25) is 0 Å². The topological polar surface area (TPSA) is 69.9 Å². The molecule has 4 aromatic carbocycles. The molecule has 0 aliphatic carbocycles. The highest BCUT2D eigenvalue weighted by atomic mass is 32.2. The van der Waals surface area contributed by atoms with E-state index in [2.05, 4.69) is 0 Å². The van der Waals surface area contributed by atoms with E-state index in [1.165, 1.54) is 11.3 Å². The van der Waals surface area contributed by atoms with E-state index in [-0.39, 0.29) is 12.2 Å². The van der Waals surface area contributed by atoms with E-state index < -0.39 is 12.0 Å². The smallest absolute Gasteiger partial charge is 0.338 e. The number of aromatic nitrogens is 1. The third kappa shape index (κ3) is 5.68. The van der Waals surface area contributed by atoms with Crippen molar-refractivity contribution in [1.82, 2.24) is 4.57 Å². The molecule has 0 saturated carbocycles. The van der Waals surface area contributed by atoms with Crippen molar-refractivity contribution in [1.29, 1.82) is 0 Å². The summed E-state index contributed by atoms with van der Waals surface area (Å²) >= 11 is 2.94. The molecule has 0 unspecified atom stereocenters. The van der Waals surface area contributed by atoms with E-state index in [0.29, 0.717) is 33.0 Å². The Bertz CT molecular complexity index is 2030. The van der Waals surface area contributed by atoms with Gasteiger partial charge >= 0.3 is 5.97 Å². The molecule has 8 heteroatoms. The second-order valence-electron chi connectivity index (χ2n) is 10.0. The molecule has 6 rings (SSSR count). The molecule has 0 bridgehead atoms. The van der Waals surface area contributed by atoms with Crippen LogP contribution in [0.2, 0.25) is 0 Å². The molecule has 0 spiro atoms. The van der Waals surface area contributed by atoms with Crippen LogP contribution in [0.25, 0.3) is 16.8 Å². The number of esters is 1. The minimum atomic E-state index is -0.658. The molecule has 43 heavy (non-hydrogen) atoms. The van der Waals surface area contributed by atoms with Gasteiger partial charge in [-0.15, -0.1) is 11.8 Å². The number of hydrogen-bond acceptors (Lipinski definition) is 7. The lowest BCUT2D eigenvalue weighted by Gasteiger charge is -2.24. The van der Waals surface area contributed by atoms with E-state index in [0.717, 1.165) is 32.4 Å². The lowest BCUT2D eigenvalue weighted by atomic mass is 9.96. The molecule has 2 heterocycles. The maximum absolute atomic E-state index is 14.2. The molecule has 0 N–H and O–H groups in total. The molecule has 1 atom stereocenters. The Hall–Kier alpha value is -4.40. The summed E-state index contributed by atoms with van der Waals surface area (Å²) in [4.78, 5) is 33.8. The van der Waals surface area contributed by atoms with Gasteiger partial charge in [0.1, 0.15) is 12.4 Å². The van der Waals surface area contributed by atoms with Gasteiger partial charge in [-0.2, -0.15) is 0 Å². The van der Waals surface area contributed by atoms with Crippen LogP contribution < -0.4 is 19.6 Å². The van der Waals surface area contributed by atoms with Crippen molar-refractivity contribution in [3.8, 4) is 5.75 Å². The average molecular weight is 607 g/mol. The van der Waals surface area contributed by atoms with E-state index >= 15 is 0 Å². The van der Waals surface area contributed by atoms with Crippen LogP contribution in [0.5, 0.6) is 5.75 Å². The molecular weight excluding hydrogens is 577 g/mol. The summed E-state index contributed by atoms with van der Waals surface area (Å²) in [6.07, 6.45) is 3.90. The SMILES string of the molecule is CCOC(=O)C1=C(C)N=c2s/c(=C\c3c(OCc4ccccc4)ccc4ccccc34)c(=O)n2[C@H]1c1ccc(SC)cc1. The number of carbonyl (C=O) groups excluding carboxylic acids is 1. The number of nitrogens with zero attached hydrogens (tertiary/aromatic N) is 2. The van der Waals surface area contributed by atoms with Crippen LogP contribution in [0.4, 0.5) is 0 Å². The van der Waals surface area contributed by atoms with Gasteiger partial charge in [-0.1, -0.05) is 84.1 Å². The number of thiazole rings is 1. The summed E-state index contributed by atoms with van der Waals surface area (Å²) < 4.78 is 13.9. The molecule has 1 aliphatic heterocycles. The fraction of sp³-hybridized carbons (Fsp3) is 0.171. The normalized spacial score (nSPS) is 14.9. The van der Waals surface area contributed by atoms with Crippen molar-refractivity contribution in [2.45, 2.75) is 31.4 Å². The van der Waals surface area contributed by atoms with E-state index in [9.17, 15) is 9.59 Å². The quantitative estimate of drug-likeness (QED) is 0.154. The zero-order valence-corrected chi connectivity index (χ0v) is 25.7. The second-order valence-corrected chi connectivity index (χ2v) is 11.9. The fourth-order valence-electron chi connectivity index (χ4n) is 5.31. The molecule has 0 amide bonds. The van der Waals surface area contributed by atoms with Gasteiger partial charge in [0, 0.05) is 10.5 Å². The minimum absolute atomic E-state index is 0.223. The third-order valence-electron chi connectivity index (χ3n) is 7.39. The van der Waals surface area contributed by atoms with Crippen LogP contribution in [0.3, 0.4) is 0 Å². The number of fused-ring (bicyclic) bond motifs is 2. The first-order valence-corrected chi connectivity index (χ1v) is 16.0. The number of carbonyl (C=O) groups is 1. The largest absolute Gasteiger partial charge is 0.488 e. The van der Waals surface area contributed by atoms with Crippen molar-refractivity contribution in [2.24, 2.45) is 4.99 Å². The zero-order chi connectivity index (χ0) is 29.9. The first kappa shape index (κ1) is 28.7. The number of thioether (sulfide) groups is 1. The van der Waals surface area contributed by atoms with Gasteiger partial charge in [0.25, 0.3) is 5.56 Å². The third-order valence-corrected chi connectivity index (χ3v) is 9.12. The van der Waals surface area contributed by atoms with Gasteiger partial charge in [-0.05, 0) is 66.3 Å². The molecule has 0 saturated heterocycles. The zero-order valence-electron chi connectivity index (χ0n) is 24.1. The first-order valence-electron chi connectivity index (χ1n) is 14.0. The maximum atomic E-state index is 14.2. The van der Waals surface area contributed by atoms with Gasteiger partial charge in [0.05, 0.1) is 28.5 Å². The summed E-state index contributed by atoms with van der Waals surface area (Å²) in [6, 6.07) is 29.3. The van der Waals surface area contributed by atoms with Crippen LogP contribution in [-0.4, -0.2) is 23.4 Å². The van der Waals surface area contributed by atoms with Crippen LogP contribution in [0, 0.1) is 0 Å². The van der Waals surface area contributed by atoms with Crippen molar-refractivity contribution in [2.75, 3.05) is 12.9 Å². The summed E-state index contributed by atoms with van der Waals surface area (Å²) in [7, 11) is 0. The maximum Gasteiger partial charge on any atom is 0.338 e. The van der Waals surface area contributed by atoms with Crippen molar-refractivity contribution in [3.05, 3.63) is 139 Å². The van der Waals surface area contributed by atoms with E-state index in [1.807, 2.05) is 103 Å². The van der Waals surface area contributed by atoms with Crippen LogP contribution in [0.15, 0.2) is 117 Å².